The van der Waals surface area contributed by atoms with Gasteiger partial charge in [-0.3, -0.25) is 4.90 Å². The third-order valence-electron chi connectivity index (χ3n) is 5.04. The molecule has 0 amide bonds. The van der Waals surface area contributed by atoms with E-state index in [1.807, 2.05) is 0 Å². The van der Waals surface area contributed by atoms with Crippen LogP contribution in [0.25, 0.3) is 0 Å². The lowest BCUT2D eigenvalue weighted by Gasteiger charge is -2.38. The lowest BCUT2D eigenvalue weighted by Crippen LogP contribution is -2.46. The summed E-state index contributed by atoms with van der Waals surface area (Å²) < 4.78 is 6.12. The summed E-state index contributed by atoms with van der Waals surface area (Å²) in [7, 11) is -1.52. The maximum absolute atomic E-state index is 6.12. The summed E-state index contributed by atoms with van der Waals surface area (Å²) in [6, 6.07) is 9.62. The highest BCUT2D eigenvalue weighted by molar-refractivity contribution is 6.70. The van der Waals surface area contributed by atoms with Crippen molar-refractivity contribution in [3.8, 4) is 5.75 Å². The molecule has 23 heavy (non-hydrogen) atoms. The van der Waals surface area contributed by atoms with Crippen molar-refractivity contribution < 1.29 is 4.43 Å². The molecule has 0 spiro atoms. The molecule has 0 bridgehead atoms. The molecule has 128 valence electrons. The Kier molecular flexibility index (Phi) is 5.44. The van der Waals surface area contributed by atoms with Crippen LogP contribution in [0.4, 0.5) is 0 Å². The van der Waals surface area contributed by atoms with E-state index in [1.54, 1.807) is 0 Å². The molecule has 1 aliphatic carbocycles. The quantitative estimate of drug-likeness (QED) is 0.824. The standard InChI is InChI=1S/C19H32N2OSi/c1-23(2,3)22-18-10-8-17(9-11-18)19(16-6-4-5-7-16)21-14-12-20-13-15-21/h8-11,16,19-20H,4-7,12-15H2,1-3H3/t19-/m0/s1. The van der Waals surface area contributed by atoms with Crippen molar-refractivity contribution in [3.63, 3.8) is 0 Å². The monoisotopic (exact) mass is 332 g/mol. The van der Waals surface area contributed by atoms with Gasteiger partial charge < -0.3 is 9.74 Å². The average Bonchev–Trinajstić information content (AvgIpc) is 3.03. The molecule has 1 saturated heterocycles. The Hall–Kier alpha value is -0.843. The van der Waals surface area contributed by atoms with Gasteiger partial charge in [0.1, 0.15) is 5.75 Å². The van der Waals surface area contributed by atoms with Crippen LogP contribution in [0.15, 0.2) is 24.3 Å². The third kappa shape index (κ3) is 4.58. The van der Waals surface area contributed by atoms with E-state index in [4.69, 9.17) is 4.43 Å². The minimum absolute atomic E-state index is 0.598. The number of piperazine rings is 1. The van der Waals surface area contributed by atoms with Crippen LogP contribution < -0.4 is 9.74 Å². The van der Waals surface area contributed by atoms with Gasteiger partial charge in [0, 0.05) is 32.2 Å². The van der Waals surface area contributed by atoms with E-state index >= 15 is 0 Å². The smallest absolute Gasteiger partial charge is 0.242 e. The van der Waals surface area contributed by atoms with Crippen LogP contribution in [-0.2, 0) is 0 Å². The first-order valence-corrected chi connectivity index (χ1v) is 12.7. The largest absolute Gasteiger partial charge is 0.544 e. The lowest BCUT2D eigenvalue weighted by molar-refractivity contribution is 0.125. The first-order chi connectivity index (χ1) is 11.0. The van der Waals surface area contributed by atoms with Gasteiger partial charge in [-0.05, 0) is 56.1 Å². The summed E-state index contributed by atoms with van der Waals surface area (Å²) in [5, 5.41) is 3.49. The van der Waals surface area contributed by atoms with Crippen LogP contribution >= 0.6 is 0 Å². The fraction of sp³-hybridized carbons (Fsp3) is 0.684. The van der Waals surface area contributed by atoms with E-state index in [1.165, 1.54) is 44.3 Å². The summed E-state index contributed by atoms with van der Waals surface area (Å²) in [6.07, 6.45) is 5.59. The second kappa shape index (κ2) is 7.37. The Morgan fingerprint density at radius 3 is 2.22 bits per heavy atom. The molecule has 3 nitrogen and oxygen atoms in total. The zero-order valence-electron chi connectivity index (χ0n) is 15.0. The van der Waals surface area contributed by atoms with Crippen molar-refractivity contribution in [1.29, 1.82) is 0 Å². The van der Waals surface area contributed by atoms with Gasteiger partial charge in [-0.15, -0.1) is 0 Å². The Labute approximate surface area is 142 Å². The van der Waals surface area contributed by atoms with Gasteiger partial charge in [0.2, 0.25) is 8.32 Å². The highest BCUT2D eigenvalue weighted by Gasteiger charge is 2.31. The molecule has 1 N–H and O–H groups in total. The number of benzene rings is 1. The van der Waals surface area contributed by atoms with E-state index in [9.17, 15) is 0 Å². The molecule has 1 heterocycles. The molecular formula is C19H32N2OSi. The van der Waals surface area contributed by atoms with Gasteiger partial charge in [0.15, 0.2) is 0 Å². The van der Waals surface area contributed by atoms with Crippen LogP contribution in [0, 0.1) is 5.92 Å². The minimum atomic E-state index is -1.52. The number of rotatable bonds is 5. The number of nitrogens with one attached hydrogen (secondary N) is 1. The number of hydrogen-bond acceptors (Lipinski definition) is 3. The van der Waals surface area contributed by atoms with Gasteiger partial charge in [0.05, 0.1) is 0 Å². The molecule has 0 aromatic heterocycles. The summed E-state index contributed by atoms with van der Waals surface area (Å²) in [5.74, 6) is 1.87. The van der Waals surface area contributed by atoms with Gasteiger partial charge in [-0.1, -0.05) is 25.0 Å². The first-order valence-electron chi connectivity index (χ1n) is 9.27. The summed E-state index contributed by atoms with van der Waals surface area (Å²) >= 11 is 0. The zero-order valence-corrected chi connectivity index (χ0v) is 16.0. The van der Waals surface area contributed by atoms with E-state index < -0.39 is 8.32 Å². The van der Waals surface area contributed by atoms with Crippen molar-refractivity contribution in [2.24, 2.45) is 5.92 Å². The SMILES string of the molecule is C[Si](C)(C)Oc1ccc([C@H](C2CCCC2)N2CCNCC2)cc1. The highest BCUT2D eigenvalue weighted by atomic mass is 28.4. The fourth-order valence-corrected chi connectivity index (χ4v) is 4.94. The Balaban J connectivity index is 1.78. The van der Waals surface area contributed by atoms with E-state index in [0.717, 1.165) is 24.8 Å². The second-order valence-corrected chi connectivity index (χ2v) is 12.5. The summed E-state index contributed by atoms with van der Waals surface area (Å²) in [4.78, 5) is 2.71. The number of hydrogen-bond donors (Lipinski definition) is 1. The first kappa shape index (κ1) is 17.0. The van der Waals surface area contributed by atoms with E-state index in [-0.39, 0.29) is 0 Å². The van der Waals surface area contributed by atoms with Gasteiger partial charge >= 0.3 is 0 Å². The molecule has 1 atom stereocenters. The normalized spacial score (nSPS) is 22.2. The molecule has 0 radical (unpaired) electrons. The summed E-state index contributed by atoms with van der Waals surface area (Å²) in [5.41, 5.74) is 1.49. The predicted molar refractivity (Wildman–Crippen MR) is 99.6 cm³/mol. The number of nitrogens with zero attached hydrogens (tertiary/aromatic N) is 1. The van der Waals surface area contributed by atoms with Crippen LogP contribution in [0.3, 0.4) is 0 Å². The topological polar surface area (TPSA) is 24.5 Å². The van der Waals surface area contributed by atoms with Crippen molar-refractivity contribution in [3.05, 3.63) is 29.8 Å². The van der Waals surface area contributed by atoms with Crippen molar-refractivity contribution in [1.82, 2.24) is 10.2 Å². The van der Waals surface area contributed by atoms with Crippen LogP contribution in [0.2, 0.25) is 19.6 Å². The second-order valence-electron chi connectivity index (χ2n) is 8.06. The van der Waals surface area contributed by atoms with Crippen LogP contribution in [0.1, 0.15) is 37.3 Å². The van der Waals surface area contributed by atoms with Gasteiger partial charge in [0.25, 0.3) is 0 Å². The highest BCUT2D eigenvalue weighted by Crippen LogP contribution is 2.40. The predicted octanol–water partition coefficient (Wildman–Crippen LogP) is 4.04. The average molecular weight is 333 g/mol. The maximum Gasteiger partial charge on any atom is 0.242 e. The zero-order chi connectivity index (χ0) is 16.3. The fourth-order valence-electron chi connectivity index (χ4n) is 4.10. The minimum Gasteiger partial charge on any atom is -0.544 e. The molecular weight excluding hydrogens is 300 g/mol. The van der Waals surface area contributed by atoms with Crippen LogP contribution in [-0.4, -0.2) is 39.4 Å². The molecule has 1 aromatic carbocycles. The van der Waals surface area contributed by atoms with E-state index in [2.05, 4.69) is 54.1 Å². The Morgan fingerprint density at radius 2 is 1.65 bits per heavy atom. The third-order valence-corrected chi connectivity index (χ3v) is 5.89. The molecule has 1 aromatic rings. The van der Waals surface area contributed by atoms with Gasteiger partial charge in [-0.25, -0.2) is 0 Å². The van der Waals surface area contributed by atoms with Gasteiger partial charge in [-0.2, -0.15) is 0 Å². The van der Waals surface area contributed by atoms with Crippen molar-refractivity contribution >= 4 is 8.32 Å². The molecule has 3 rings (SSSR count). The van der Waals surface area contributed by atoms with Crippen molar-refractivity contribution in [2.75, 3.05) is 26.2 Å². The maximum atomic E-state index is 6.12. The molecule has 1 aliphatic heterocycles. The van der Waals surface area contributed by atoms with Crippen molar-refractivity contribution in [2.45, 2.75) is 51.4 Å². The lowest BCUT2D eigenvalue weighted by atomic mass is 9.89. The molecule has 4 heteroatoms. The molecule has 0 unspecified atom stereocenters. The van der Waals surface area contributed by atoms with E-state index in [0.29, 0.717) is 6.04 Å². The van der Waals surface area contributed by atoms with Crippen LogP contribution in [0.5, 0.6) is 5.75 Å². The Bertz CT molecular complexity index is 485. The molecule has 2 aliphatic rings. The summed E-state index contributed by atoms with van der Waals surface area (Å²) in [6.45, 7) is 11.3. The molecule has 2 fully saturated rings. The molecule has 1 saturated carbocycles. The Morgan fingerprint density at radius 1 is 1.04 bits per heavy atom.